The van der Waals surface area contributed by atoms with Gasteiger partial charge in [0.15, 0.2) is 0 Å². The maximum absolute atomic E-state index is 4.58. The largest absolute Gasteiger partial charge is 0.312 e. The highest BCUT2D eigenvalue weighted by molar-refractivity contribution is 7.99. The first-order valence-electron chi connectivity index (χ1n) is 5.63. The number of hydrogen-bond acceptors (Lipinski definition) is 5. The second-order valence-electron chi connectivity index (χ2n) is 4.18. The van der Waals surface area contributed by atoms with Crippen molar-refractivity contribution in [3.8, 4) is 0 Å². The van der Waals surface area contributed by atoms with Crippen LogP contribution in [0.2, 0.25) is 0 Å². The van der Waals surface area contributed by atoms with Crippen LogP contribution in [-0.4, -0.2) is 42.0 Å². The molecular formula is C11H19N3S2. The fourth-order valence-electron chi connectivity index (χ4n) is 1.74. The zero-order valence-electron chi connectivity index (χ0n) is 10.1. The molecule has 1 N–H and O–H groups in total. The summed E-state index contributed by atoms with van der Waals surface area (Å²) in [6, 6.07) is 0.925. The number of hydrogen-bond donors (Lipinski definition) is 1. The zero-order valence-corrected chi connectivity index (χ0v) is 11.7. The number of rotatable bonds is 3. The van der Waals surface area contributed by atoms with Crippen LogP contribution in [0.1, 0.15) is 28.9 Å². The zero-order chi connectivity index (χ0) is 11.5. The molecule has 0 radical (unpaired) electrons. The third-order valence-electron chi connectivity index (χ3n) is 3.08. The molecule has 90 valence electrons. The molecule has 16 heavy (non-hydrogen) atoms. The number of thioether (sulfide) groups is 1. The highest BCUT2D eigenvalue weighted by atomic mass is 32.2. The van der Waals surface area contributed by atoms with Gasteiger partial charge in [-0.05, 0) is 21.0 Å². The first-order chi connectivity index (χ1) is 7.72. The van der Waals surface area contributed by atoms with Gasteiger partial charge in [0.05, 0.1) is 6.04 Å². The fourth-order valence-corrected chi connectivity index (χ4v) is 4.21. The summed E-state index contributed by atoms with van der Waals surface area (Å²) in [6.45, 7) is 3.35. The predicted octanol–water partition coefficient (Wildman–Crippen LogP) is 2.14. The van der Waals surface area contributed by atoms with Crippen molar-refractivity contribution in [2.75, 3.05) is 32.1 Å². The first-order valence-corrected chi connectivity index (χ1v) is 7.60. The van der Waals surface area contributed by atoms with E-state index >= 15 is 0 Å². The summed E-state index contributed by atoms with van der Waals surface area (Å²) in [5.74, 6) is 2.43. The van der Waals surface area contributed by atoms with E-state index < -0.39 is 0 Å². The summed E-state index contributed by atoms with van der Waals surface area (Å²) >= 11 is 3.88. The van der Waals surface area contributed by atoms with E-state index in [9.17, 15) is 0 Å². The Hall–Kier alpha value is -0.100. The van der Waals surface area contributed by atoms with Gasteiger partial charge in [-0.25, -0.2) is 4.98 Å². The number of nitrogens with zero attached hydrogens (tertiary/aromatic N) is 2. The molecule has 0 saturated carbocycles. The lowest BCUT2D eigenvalue weighted by Crippen LogP contribution is -2.32. The molecule has 0 spiro atoms. The number of thiazole rings is 1. The van der Waals surface area contributed by atoms with Crippen LogP contribution >= 0.6 is 23.1 Å². The predicted molar refractivity (Wildman–Crippen MR) is 72.3 cm³/mol. The summed E-state index contributed by atoms with van der Waals surface area (Å²) in [6.07, 6.45) is 2.02. The van der Waals surface area contributed by atoms with Crippen LogP contribution in [-0.2, 0) is 0 Å². The van der Waals surface area contributed by atoms with Crippen molar-refractivity contribution in [2.45, 2.75) is 19.0 Å². The monoisotopic (exact) mass is 257 g/mol. The lowest BCUT2D eigenvalue weighted by atomic mass is 10.3. The Morgan fingerprint density at radius 1 is 1.62 bits per heavy atom. The van der Waals surface area contributed by atoms with Crippen LogP contribution in [0.25, 0.3) is 0 Å². The van der Waals surface area contributed by atoms with Crippen molar-refractivity contribution in [3.63, 3.8) is 0 Å². The summed E-state index contributed by atoms with van der Waals surface area (Å²) in [5.41, 5.74) is 0. The van der Waals surface area contributed by atoms with Gasteiger partial charge in [-0.15, -0.1) is 11.3 Å². The molecule has 1 saturated heterocycles. The van der Waals surface area contributed by atoms with Crippen LogP contribution in [0.3, 0.4) is 0 Å². The van der Waals surface area contributed by atoms with Crippen LogP contribution < -0.4 is 5.32 Å². The van der Waals surface area contributed by atoms with Gasteiger partial charge in [0.1, 0.15) is 5.01 Å². The van der Waals surface area contributed by atoms with E-state index in [0.29, 0.717) is 12.1 Å². The van der Waals surface area contributed by atoms with E-state index in [1.54, 1.807) is 0 Å². The van der Waals surface area contributed by atoms with E-state index in [1.165, 1.54) is 27.9 Å². The van der Waals surface area contributed by atoms with Crippen molar-refractivity contribution >= 4 is 23.1 Å². The maximum Gasteiger partial charge on any atom is 0.111 e. The summed E-state index contributed by atoms with van der Waals surface area (Å²) < 4.78 is 0. The van der Waals surface area contributed by atoms with Crippen molar-refractivity contribution in [3.05, 3.63) is 16.1 Å². The van der Waals surface area contributed by atoms with Crippen molar-refractivity contribution < 1.29 is 0 Å². The Morgan fingerprint density at radius 3 is 3.12 bits per heavy atom. The summed E-state index contributed by atoms with van der Waals surface area (Å²) in [7, 11) is 4.19. The Bertz CT molecular complexity index is 340. The molecule has 2 atom stereocenters. The van der Waals surface area contributed by atoms with Gasteiger partial charge >= 0.3 is 0 Å². The highest BCUT2D eigenvalue weighted by Gasteiger charge is 2.24. The van der Waals surface area contributed by atoms with Crippen LogP contribution in [0.15, 0.2) is 6.20 Å². The van der Waals surface area contributed by atoms with Gasteiger partial charge in [-0.1, -0.05) is 0 Å². The highest BCUT2D eigenvalue weighted by Crippen LogP contribution is 2.32. The van der Waals surface area contributed by atoms with Gasteiger partial charge in [-0.3, -0.25) is 4.90 Å². The second-order valence-corrected chi connectivity index (χ2v) is 6.43. The molecule has 1 aliphatic rings. The molecule has 1 aromatic heterocycles. The van der Waals surface area contributed by atoms with Gasteiger partial charge in [0.25, 0.3) is 0 Å². The van der Waals surface area contributed by atoms with Gasteiger partial charge in [-0.2, -0.15) is 11.8 Å². The smallest absolute Gasteiger partial charge is 0.111 e. The molecular weight excluding hydrogens is 238 g/mol. The van der Waals surface area contributed by atoms with Crippen LogP contribution in [0.5, 0.6) is 0 Å². The molecule has 0 bridgehead atoms. The SMILES string of the molecule is CNC(C)c1cnc(C2CSCCN2C)s1. The fraction of sp³-hybridized carbons (Fsp3) is 0.727. The minimum absolute atomic E-state index is 0.410. The standard InChI is InChI=1S/C11H19N3S2/c1-8(12-2)10-6-13-11(16-10)9-7-15-5-4-14(9)3/h6,8-9,12H,4-5,7H2,1-3H3. The first kappa shape index (κ1) is 12.4. The minimum atomic E-state index is 0.410. The molecule has 2 rings (SSSR count). The third-order valence-corrected chi connectivity index (χ3v) is 5.39. The van der Waals surface area contributed by atoms with E-state index in [-0.39, 0.29) is 0 Å². The Labute approximate surface area is 106 Å². The molecule has 0 amide bonds. The Kier molecular flexibility index (Phi) is 4.24. The number of aromatic nitrogens is 1. The molecule has 0 aliphatic carbocycles. The quantitative estimate of drug-likeness (QED) is 0.898. The van der Waals surface area contributed by atoms with Crippen molar-refractivity contribution in [1.82, 2.24) is 15.2 Å². The Balaban J connectivity index is 2.11. The van der Waals surface area contributed by atoms with Gasteiger partial charge in [0, 0.05) is 35.2 Å². The molecule has 3 nitrogen and oxygen atoms in total. The van der Waals surface area contributed by atoms with Crippen molar-refractivity contribution in [1.29, 1.82) is 0 Å². The maximum atomic E-state index is 4.58. The minimum Gasteiger partial charge on any atom is -0.312 e. The molecule has 1 aromatic rings. The molecule has 1 fully saturated rings. The summed E-state index contributed by atoms with van der Waals surface area (Å²) in [5, 5.41) is 4.53. The average molecular weight is 257 g/mol. The normalized spacial score (nSPS) is 24.6. The van der Waals surface area contributed by atoms with E-state index in [1.807, 2.05) is 36.3 Å². The van der Waals surface area contributed by atoms with Crippen LogP contribution in [0, 0.1) is 0 Å². The molecule has 2 heterocycles. The van der Waals surface area contributed by atoms with Crippen molar-refractivity contribution in [2.24, 2.45) is 0 Å². The third kappa shape index (κ3) is 2.59. The van der Waals surface area contributed by atoms with E-state index in [0.717, 1.165) is 0 Å². The molecule has 5 heteroatoms. The van der Waals surface area contributed by atoms with Gasteiger partial charge in [0.2, 0.25) is 0 Å². The lowest BCUT2D eigenvalue weighted by molar-refractivity contribution is 0.274. The van der Waals surface area contributed by atoms with E-state index in [4.69, 9.17) is 0 Å². The molecule has 1 aliphatic heterocycles. The second kappa shape index (κ2) is 5.49. The lowest BCUT2D eigenvalue weighted by Gasteiger charge is -2.30. The van der Waals surface area contributed by atoms with Gasteiger partial charge < -0.3 is 5.32 Å². The van der Waals surface area contributed by atoms with Crippen LogP contribution in [0.4, 0.5) is 0 Å². The Morgan fingerprint density at radius 2 is 2.44 bits per heavy atom. The van der Waals surface area contributed by atoms with E-state index in [2.05, 4.69) is 29.2 Å². The summed E-state index contributed by atoms with van der Waals surface area (Å²) in [4.78, 5) is 8.34. The molecule has 0 aromatic carbocycles. The number of nitrogens with one attached hydrogen (secondary N) is 1. The average Bonchev–Trinajstić information content (AvgIpc) is 2.78. The topological polar surface area (TPSA) is 28.2 Å². The molecule has 2 unspecified atom stereocenters.